The van der Waals surface area contributed by atoms with Gasteiger partial charge in [-0.25, -0.2) is 14.4 Å². The minimum Gasteiger partial charge on any atom is -0.493 e. The highest BCUT2D eigenvalue weighted by Crippen LogP contribution is 2.31. The van der Waals surface area contributed by atoms with Crippen molar-refractivity contribution in [3.05, 3.63) is 82.0 Å². The molecule has 0 saturated carbocycles. The first kappa shape index (κ1) is 20.9. The van der Waals surface area contributed by atoms with Gasteiger partial charge < -0.3 is 23.0 Å². The third-order valence-electron chi connectivity index (χ3n) is 4.67. The van der Waals surface area contributed by atoms with Crippen LogP contribution >= 0.6 is 0 Å². The van der Waals surface area contributed by atoms with Crippen LogP contribution in [0, 0.1) is 0 Å². The van der Waals surface area contributed by atoms with Crippen molar-refractivity contribution in [3.8, 4) is 22.6 Å². The number of hydrogen-bond acceptors (Lipinski definition) is 8. The summed E-state index contributed by atoms with van der Waals surface area (Å²) < 4.78 is 26.3. The minimum absolute atomic E-state index is 0.0817. The Bertz CT molecular complexity index is 1440. The fourth-order valence-corrected chi connectivity index (χ4v) is 3.26. The first-order chi connectivity index (χ1) is 15.5. The predicted octanol–water partition coefficient (Wildman–Crippen LogP) is 3.68. The lowest BCUT2D eigenvalue weighted by molar-refractivity contribution is -0.144. The summed E-state index contributed by atoms with van der Waals surface area (Å²) in [5.74, 6) is 0.157. The highest BCUT2D eigenvalue weighted by atomic mass is 16.6. The summed E-state index contributed by atoms with van der Waals surface area (Å²) in [7, 11) is 1.48. The Morgan fingerprint density at radius 1 is 1.06 bits per heavy atom. The minimum atomic E-state index is -0.653. The topological polar surface area (TPSA) is 105 Å². The first-order valence-corrected chi connectivity index (χ1v) is 9.58. The van der Waals surface area contributed by atoms with Gasteiger partial charge in [-0.2, -0.15) is 0 Å². The van der Waals surface area contributed by atoms with Crippen molar-refractivity contribution in [2.24, 2.45) is 0 Å². The summed E-state index contributed by atoms with van der Waals surface area (Å²) in [6, 6.07) is 12.8. The van der Waals surface area contributed by atoms with Crippen LogP contribution in [0.1, 0.15) is 0 Å². The SMILES string of the molecule is C=CCOC(=O)COc1ccc2c(-c3cc4cccc(OC)c4oc3=O)cc(=O)oc2c1. The fraction of sp³-hybridized carbons (Fsp3) is 0.125. The number of carbonyl (C=O) groups is 1. The van der Waals surface area contributed by atoms with Gasteiger partial charge in [-0.3, -0.25) is 0 Å². The van der Waals surface area contributed by atoms with Crippen molar-refractivity contribution in [2.75, 3.05) is 20.3 Å². The summed E-state index contributed by atoms with van der Waals surface area (Å²) in [5.41, 5.74) is -0.221. The smallest absolute Gasteiger partial charge is 0.344 e. The largest absolute Gasteiger partial charge is 0.493 e. The van der Waals surface area contributed by atoms with Crippen LogP contribution in [-0.2, 0) is 9.53 Å². The van der Waals surface area contributed by atoms with Gasteiger partial charge in [0.25, 0.3) is 0 Å². The fourth-order valence-electron chi connectivity index (χ4n) is 3.26. The van der Waals surface area contributed by atoms with Crippen LogP contribution in [-0.4, -0.2) is 26.3 Å². The van der Waals surface area contributed by atoms with Crippen LogP contribution in [0.3, 0.4) is 0 Å². The molecule has 0 N–H and O–H groups in total. The maximum absolute atomic E-state index is 12.7. The summed E-state index contributed by atoms with van der Waals surface area (Å²) in [4.78, 5) is 36.6. The Labute approximate surface area is 181 Å². The lowest BCUT2D eigenvalue weighted by atomic mass is 10.0. The molecule has 0 amide bonds. The normalized spacial score (nSPS) is 10.8. The zero-order valence-corrected chi connectivity index (χ0v) is 17.1. The van der Waals surface area contributed by atoms with Gasteiger partial charge in [0.15, 0.2) is 17.9 Å². The Hall–Kier alpha value is -4.33. The second-order valence-corrected chi connectivity index (χ2v) is 6.72. The second-order valence-electron chi connectivity index (χ2n) is 6.72. The van der Waals surface area contributed by atoms with Crippen molar-refractivity contribution in [1.82, 2.24) is 0 Å². The van der Waals surface area contributed by atoms with Gasteiger partial charge in [0.2, 0.25) is 0 Å². The Kier molecular flexibility index (Phi) is 5.76. The molecule has 8 heteroatoms. The monoisotopic (exact) mass is 434 g/mol. The molecule has 0 bridgehead atoms. The van der Waals surface area contributed by atoms with Crippen LogP contribution in [0.15, 0.2) is 79.6 Å². The molecule has 4 rings (SSSR count). The van der Waals surface area contributed by atoms with Gasteiger partial charge >= 0.3 is 17.2 Å². The molecule has 2 heterocycles. The maximum atomic E-state index is 12.7. The molecule has 0 radical (unpaired) electrons. The Balaban J connectivity index is 1.76. The van der Waals surface area contributed by atoms with Gasteiger partial charge in [-0.05, 0) is 24.3 Å². The van der Waals surface area contributed by atoms with Crippen LogP contribution < -0.4 is 20.7 Å². The zero-order chi connectivity index (χ0) is 22.7. The van der Waals surface area contributed by atoms with Crippen molar-refractivity contribution >= 4 is 27.9 Å². The standard InChI is InChI=1S/C24H18O8/c1-3-9-29-22(26)13-30-15-7-8-16-17(12-21(25)31-20(16)11-15)18-10-14-5-4-6-19(28-2)23(14)32-24(18)27/h3-8,10-12H,1,9,13H2,2H3. The summed E-state index contributed by atoms with van der Waals surface area (Å²) >= 11 is 0. The maximum Gasteiger partial charge on any atom is 0.344 e. The molecule has 32 heavy (non-hydrogen) atoms. The van der Waals surface area contributed by atoms with E-state index >= 15 is 0 Å². The lowest BCUT2D eigenvalue weighted by Gasteiger charge is -2.09. The molecule has 0 aliphatic heterocycles. The van der Waals surface area contributed by atoms with Gasteiger partial charge in [0.1, 0.15) is 17.9 Å². The van der Waals surface area contributed by atoms with Gasteiger partial charge in [0, 0.05) is 28.5 Å². The van der Waals surface area contributed by atoms with Crippen LogP contribution in [0.5, 0.6) is 11.5 Å². The molecule has 0 saturated heterocycles. The van der Waals surface area contributed by atoms with Crippen LogP contribution in [0.4, 0.5) is 0 Å². The number of hydrogen-bond donors (Lipinski definition) is 0. The third-order valence-corrected chi connectivity index (χ3v) is 4.67. The van der Waals surface area contributed by atoms with E-state index < -0.39 is 17.2 Å². The molecule has 0 fully saturated rings. The van der Waals surface area contributed by atoms with E-state index in [9.17, 15) is 14.4 Å². The van der Waals surface area contributed by atoms with E-state index in [1.807, 2.05) is 0 Å². The molecular weight excluding hydrogens is 416 g/mol. The molecule has 0 spiro atoms. The Morgan fingerprint density at radius 3 is 2.69 bits per heavy atom. The average molecular weight is 434 g/mol. The predicted molar refractivity (Wildman–Crippen MR) is 117 cm³/mol. The molecular formula is C24H18O8. The number of ether oxygens (including phenoxy) is 3. The van der Waals surface area contributed by atoms with Crippen molar-refractivity contribution in [2.45, 2.75) is 0 Å². The van der Waals surface area contributed by atoms with Crippen LogP contribution in [0.25, 0.3) is 33.1 Å². The molecule has 2 aromatic heterocycles. The molecule has 0 aliphatic carbocycles. The van der Waals surface area contributed by atoms with Gasteiger partial charge in [-0.1, -0.05) is 24.8 Å². The molecule has 0 aliphatic rings. The summed E-state index contributed by atoms with van der Waals surface area (Å²) in [6.07, 6.45) is 1.45. The van der Waals surface area contributed by atoms with Gasteiger partial charge in [0.05, 0.1) is 12.7 Å². The highest BCUT2D eigenvalue weighted by Gasteiger charge is 2.16. The number of fused-ring (bicyclic) bond motifs is 2. The van der Waals surface area contributed by atoms with Crippen molar-refractivity contribution in [3.63, 3.8) is 0 Å². The second kappa shape index (κ2) is 8.81. The number of para-hydroxylation sites is 1. The van der Waals surface area contributed by atoms with E-state index in [1.54, 1.807) is 36.4 Å². The molecule has 0 unspecified atom stereocenters. The number of benzene rings is 2. The third kappa shape index (κ3) is 4.11. The average Bonchev–Trinajstić information content (AvgIpc) is 2.79. The van der Waals surface area contributed by atoms with E-state index in [1.165, 1.54) is 25.3 Å². The Morgan fingerprint density at radius 2 is 1.91 bits per heavy atom. The van der Waals surface area contributed by atoms with E-state index in [4.69, 9.17) is 23.0 Å². The highest BCUT2D eigenvalue weighted by molar-refractivity contribution is 5.96. The summed E-state index contributed by atoms with van der Waals surface area (Å²) in [6.45, 7) is 3.22. The summed E-state index contributed by atoms with van der Waals surface area (Å²) in [5, 5.41) is 1.14. The van der Waals surface area contributed by atoms with Crippen molar-refractivity contribution in [1.29, 1.82) is 0 Å². The van der Waals surface area contributed by atoms with E-state index in [-0.39, 0.29) is 24.4 Å². The lowest BCUT2D eigenvalue weighted by Crippen LogP contribution is -2.14. The number of esters is 1. The van der Waals surface area contributed by atoms with E-state index in [0.717, 1.165) is 0 Å². The number of methoxy groups -OCH3 is 1. The van der Waals surface area contributed by atoms with Crippen LogP contribution in [0.2, 0.25) is 0 Å². The number of carbonyl (C=O) groups excluding carboxylic acids is 1. The molecule has 0 atom stereocenters. The zero-order valence-electron chi connectivity index (χ0n) is 17.1. The van der Waals surface area contributed by atoms with Crippen molar-refractivity contribution < 1.29 is 27.8 Å². The number of rotatable bonds is 7. The van der Waals surface area contributed by atoms with E-state index in [2.05, 4.69) is 6.58 Å². The molecule has 162 valence electrons. The molecule has 2 aromatic carbocycles. The molecule has 8 nitrogen and oxygen atoms in total. The first-order valence-electron chi connectivity index (χ1n) is 9.58. The van der Waals surface area contributed by atoms with Gasteiger partial charge in [-0.15, -0.1) is 0 Å². The van der Waals surface area contributed by atoms with E-state index in [0.29, 0.717) is 33.4 Å². The quantitative estimate of drug-likeness (QED) is 0.246. The molecule has 4 aromatic rings.